The molecule has 1 aliphatic rings. The molecule has 4 heteroatoms. The van der Waals surface area contributed by atoms with Crippen LogP contribution in [0.2, 0.25) is 10.0 Å². The molecule has 2 unspecified atom stereocenters. The number of fused-ring (bicyclic) bond motifs is 1. The van der Waals surface area contributed by atoms with E-state index >= 15 is 0 Å². The predicted molar refractivity (Wildman–Crippen MR) is 58.0 cm³/mol. The molecule has 2 rings (SSSR count). The summed E-state index contributed by atoms with van der Waals surface area (Å²) in [7, 11) is 1.82. The van der Waals surface area contributed by atoms with E-state index in [4.69, 9.17) is 23.2 Å². The van der Waals surface area contributed by atoms with Gasteiger partial charge in [-0.05, 0) is 30.3 Å². The zero-order chi connectivity index (χ0) is 10.3. The first kappa shape index (κ1) is 10.2. The number of aliphatic hydroxyl groups excluding tert-OH is 1. The third-order valence-corrected chi connectivity index (χ3v) is 3.19. The molecule has 0 spiro atoms. The van der Waals surface area contributed by atoms with Gasteiger partial charge in [0.05, 0.1) is 12.1 Å². The SMILES string of the molecule is CNC1c2cc(Cl)cc(Cl)c2CC1O. The van der Waals surface area contributed by atoms with E-state index < -0.39 is 6.10 Å². The number of hydrogen-bond donors (Lipinski definition) is 2. The first-order chi connectivity index (χ1) is 6.63. The Labute approximate surface area is 92.8 Å². The van der Waals surface area contributed by atoms with Crippen LogP contribution in [0.1, 0.15) is 17.2 Å². The Bertz CT molecular complexity index is 367. The zero-order valence-electron chi connectivity index (χ0n) is 7.72. The Morgan fingerprint density at radius 1 is 1.43 bits per heavy atom. The van der Waals surface area contributed by atoms with Crippen molar-refractivity contribution in [2.75, 3.05) is 7.05 Å². The molecule has 0 amide bonds. The van der Waals surface area contributed by atoms with Crippen LogP contribution in [0.25, 0.3) is 0 Å². The highest BCUT2D eigenvalue weighted by atomic mass is 35.5. The summed E-state index contributed by atoms with van der Waals surface area (Å²) in [6.07, 6.45) is 0.183. The van der Waals surface area contributed by atoms with Crippen LogP contribution in [-0.4, -0.2) is 18.3 Å². The standard InChI is InChI=1S/C10H11Cl2NO/c1-13-10-7-2-5(11)3-8(12)6(7)4-9(10)14/h2-3,9-10,13-14H,4H2,1H3. The maximum Gasteiger partial charge on any atom is 0.0775 e. The largest absolute Gasteiger partial charge is 0.391 e. The summed E-state index contributed by atoms with van der Waals surface area (Å²) in [5, 5.41) is 14.1. The molecule has 76 valence electrons. The maximum absolute atomic E-state index is 9.76. The molecule has 0 radical (unpaired) electrons. The topological polar surface area (TPSA) is 32.3 Å². The van der Waals surface area contributed by atoms with Crippen molar-refractivity contribution in [3.8, 4) is 0 Å². The van der Waals surface area contributed by atoms with Gasteiger partial charge in [-0.3, -0.25) is 0 Å². The first-order valence-corrected chi connectivity index (χ1v) is 5.22. The highest BCUT2D eigenvalue weighted by Crippen LogP contribution is 2.37. The molecule has 0 bridgehead atoms. The molecule has 0 fully saturated rings. The molecule has 0 aliphatic heterocycles. The van der Waals surface area contributed by atoms with Crippen molar-refractivity contribution in [1.29, 1.82) is 0 Å². The van der Waals surface area contributed by atoms with Gasteiger partial charge in [0, 0.05) is 16.5 Å². The number of likely N-dealkylation sites (N-methyl/N-ethyl adjacent to an activating group) is 1. The fraction of sp³-hybridized carbons (Fsp3) is 0.400. The van der Waals surface area contributed by atoms with Gasteiger partial charge in [0.25, 0.3) is 0 Å². The van der Waals surface area contributed by atoms with E-state index in [2.05, 4.69) is 5.32 Å². The summed E-state index contributed by atoms with van der Waals surface area (Å²) in [6.45, 7) is 0. The van der Waals surface area contributed by atoms with E-state index in [1.807, 2.05) is 13.1 Å². The van der Waals surface area contributed by atoms with Crippen molar-refractivity contribution in [2.45, 2.75) is 18.6 Å². The second-order valence-corrected chi connectivity index (χ2v) is 4.34. The summed E-state index contributed by atoms with van der Waals surface area (Å²) in [5.74, 6) is 0. The Morgan fingerprint density at radius 2 is 2.14 bits per heavy atom. The molecule has 2 nitrogen and oxygen atoms in total. The third kappa shape index (κ3) is 1.52. The Balaban J connectivity index is 2.53. The second kappa shape index (κ2) is 3.70. The van der Waals surface area contributed by atoms with Crippen LogP contribution < -0.4 is 5.32 Å². The van der Waals surface area contributed by atoms with Gasteiger partial charge < -0.3 is 10.4 Å². The van der Waals surface area contributed by atoms with E-state index in [9.17, 15) is 5.11 Å². The number of halogens is 2. The Kier molecular flexibility index (Phi) is 2.71. The highest BCUT2D eigenvalue weighted by Gasteiger charge is 2.31. The number of benzene rings is 1. The normalized spacial score (nSPS) is 25.1. The van der Waals surface area contributed by atoms with Gasteiger partial charge >= 0.3 is 0 Å². The first-order valence-electron chi connectivity index (χ1n) is 4.46. The van der Waals surface area contributed by atoms with Gasteiger partial charge in [-0.1, -0.05) is 23.2 Å². The fourth-order valence-electron chi connectivity index (χ4n) is 2.00. The van der Waals surface area contributed by atoms with Crippen LogP contribution in [0.15, 0.2) is 12.1 Å². The van der Waals surface area contributed by atoms with Crippen molar-refractivity contribution < 1.29 is 5.11 Å². The number of hydrogen-bond acceptors (Lipinski definition) is 2. The molecule has 2 N–H and O–H groups in total. The van der Waals surface area contributed by atoms with Crippen LogP contribution in [-0.2, 0) is 6.42 Å². The van der Waals surface area contributed by atoms with Crippen molar-refractivity contribution in [1.82, 2.24) is 5.32 Å². The van der Waals surface area contributed by atoms with Crippen LogP contribution in [0, 0.1) is 0 Å². The quantitative estimate of drug-likeness (QED) is 0.777. The number of nitrogens with one attached hydrogen (secondary N) is 1. The zero-order valence-corrected chi connectivity index (χ0v) is 9.23. The van der Waals surface area contributed by atoms with Gasteiger partial charge in [-0.25, -0.2) is 0 Å². The fourth-order valence-corrected chi connectivity index (χ4v) is 2.58. The molecule has 1 aliphatic carbocycles. The molecule has 1 aromatic carbocycles. The summed E-state index contributed by atoms with van der Waals surface area (Å²) in [4.78, 5) is 0. The van der Waals surface area contributed by atoms with Crippen molar-refractivity contribution in [3.63, 3.8) is 0 Å². The molecule has 0 heterocycles. The molecule has 0 saturated heterocycles. The minimum atomic E-state index is -0.411. The maximum atomic E-state index is 9.76. The average Bonchev–Trinajstić information content (AvgIpc) is 2.41. The lowest BCUT2D eigenvalue weighted by molar-refractivity contribution is 0.145. The molecular weight excluding hydrogens is 221 g/mol. The Hall–Kier alpha value is -0.280. The van der Waals surface area contributed by atoms with E-state index in [1.165, 1.54) is 0 Å². The molecule has 2 atom stereocenters. The molecular formula is C10H11Cl2NO. The van der Waals surface area contributed by atoms with E-state index in [0.29, 0.717) is 16.5 Å². The lowest BCUT2D eigenvalue weighted by Gasteiger charge is -2.14. The second-order valence-electron chi connectivity index (χ2n) is 3.49. The van der Waals surface area contributed by atoms with Gasteiger partial charge in [-0.15, -0.1) is 0 Å². The van der Waals surface area contributed by atoms with E-state index in [0.717, 1.165) is 11.1 Å². The third-order valence-electron chi connectivity index (χ3n) is 2.64. The highest BCUT2D eigenvalue weighted by molar-refractivity contribution is 6.35. The monoisotopic (exact) mass is 231 g/mol. The lowest BCUT2D eigenvalue weighted by Crippen LogP contribution is -2.25. The van der Waals surface area contributed by atoms with Crippen LogP contribution in [0.3, 0.4) is 0 Å². The van der Waals surface area contributed by atoms with Crippen LogP contribution in [0.4, 0.5) is 0 Å². The summed E-state index contributed by atoms with van der Waals surface area (Å²) in [6, 6.07) is 3.52. The summed E-state index contributed by atoms with van der Waals surface area (Å²) < 4.78 is 0. The van der Waals surface area contributed by atoms with Gasteiger partial charge in [0.1, 0.15) is 0 Å². The van der Waals surface area contributed by atoms with Gasteiger partial charge in [0.2, 0.25) is 0 Å². The number of rotatable bonds is 1. The van der Waals surface area contributed by atoms with E-state index in [1.54, 1.807) is 6.07 Å². The van der Waals surface area contributed by atoms with Crippen molar-refractivity contribution in [2.24, 2.45) is 0 Å². The predicted octanol–water partition coefficient (Wildman–Crippen LogP) is 2.17. The Morgan fingerprint density at radius 3 is 2.79 bits per heavy atom. The number of aliphatic hydroxyl groups is 1. The van der Waals surface area contributed by atoms with Gasteiger partial charge in [-0.2, -0.15) is 0 Å². The van der Waals surface area contributed by atoms with Crippen LogP contribution in [0.5, 0.6) is 0 Å². The smallest absolute Gasteiger partial charge is 0.0775 e. The van der Waals surface area contributed by atoms with E-state index in [-0.39, 0.29) is 6.04 Å². The van der Waals surface area contributed by atoms with Crippen molar-refractivity contribution in [3.05, 3.63) is 33.3 Å². The van der Waals surface area contributed by atoms with Gasteiger partial charge in [0.15, 0.2) is 0 Å². The van der Waals surface area contributed by atoms with Crippen LogP contribution >= 0.6 is 23.2 Å². The minimum Gasteiger partial charge on any atom is -0.391 e. The lowest BCUT2D eigenvalue weighted by atomic mass is 10.1. The summed E-state index contributed by atoms with van der Waals surface area (Å²) >= 11 is 11.9. The molecule has 1 aromatic rings. The van der Waals surface area contributed by atoms with Crippen molar-refractivity contribution >= 4 is 23.2 Å². The molecule has 14 heavy (non-hydrogen) atoms. The minimum absolute atomic E-state index is 0.0544. The average molecular weight is 232 g/mol. The summed E-state index contributed by atoms with van der Waals surface area (Å²) in [5.41, 5.74) is 2.01. The molecule has 0 saturated carbocycles. The molecule has 0 aromatic heterocycles.